The predicted octanol–water partition coefficient (Wildman–Crippen LogP) is 0.712. The first-order valence-corrected chi connectivity index (χ1v) is 7.56. The molecule has 0 aliphatic heterocycles. The van der Waals surface area contributed by atoms with Gasteiger partial charge >= 0.3 is 0 Å². The second-order valence-corrected chi connectivity index (χ2v) is 5.90. The molecule has 6 nitrogen and oxygen atoms in total. The van der Waals surface area contributed by atoms with Crippen LogP contribution in [0.4, 0.5) is 0 Å². The summed E-state index contributed by atoms with van der Waals surface area (Å²) in [6.45, 7) is 0.341. The molecule has 0 unspecified atom stereocenters. The zero-order valence-electron chi connectivity index (χ0n) is 10.3. The molecular formula is C12H14N2O4S. The van der Waals surface area contributed by atoms with Crippen molar-refractivity contribution >= 4 is 26.9 Å². The molecule has 1 heterocycles. The third-order valence-corrected chi connectivity index (χ3v) is 3.15. The van der Waals surface area contributed by atoms with Crippen molar-refractivity contribution < 1.29 is 17.6 Å². The monoisotopic (exact) mass is 282 g/mol. The van der Waals surface area contributed by atoms with Gasteiger partial charge < -0.3 is 9.73 Å². The summed E-state index contributed by atoms with van der Waals surface area (Å²) < 4.78 is 29.3. The van der Waals surface area contributed by atoms with E-state index in [2.05, 4.69) is 10.0 Å². The Morgan fingerprint density at radius 3 is 2.68 bits per heavy atom. The fraction of sp³-hybridized carbons (Fsp3) is 0.250. The minimum absolute atomic E-state index is 0.144. The van der Waals surface area contributed by atoms with E-state index in [0.717, 1.165) is 11.6 Å². The molecule has 1 amide bonds. The van der Waals surface area contributed by atoms with Crippen LogP contribution in [0.3, 0.4) is 0 Å². The van der Waals surface area contributed by atoms with Crippen LogP contribution in [0.25, 0.3) is 11.0 Å². The second kappa shape index (κ2) is 5.41. The Balaban J connectivity index is 1.93. The standard InChI is InChI=1S/C12H14N2O4S/c1-19(16,17)14-7-6-13-12(15)11-8-9-4-2-3-5-10(9)18-11/h2-5,8,14H,6-7H2,1H3,(H,13,15). The lowest BCUT2D eigenvalue weighted by molar-refractivity contribution is 0.0929. The number of amides is 1. The van der Waals surface area contributed by atoms with E-state index in [9.17, 15) is 13.2 Å². The average Bonchev–Trinajstić information content (AvgIpc) is 2.77. The fourth-order valence-corrected chi connectivity index (χ4v) is 2.07. The molecule has 0 saturated carbocycles. The van der Waals surface area contributed by atoms with Crippen LogP contribution in [-0.2, 0) is 10.0 Å². The Bertz CT molecular complexity index is 658. The molecule has 19 heavy (non-hydrogen) atoms. The minimum Gasteiger partial charge on any atom is -0.451 e. The topological polar surface area (TPSA) is 88.4 Å². The van der Waals surface area contributed by atoms with Gasteiger partial charge in [0.2, 0.25) is 10.0 Å². The lowest BCUT2D eigenvalue weighted by Gasteiger charge is -2.03. The molecule has 2 N–H and O–H groups in total. The van der Waals surface area contributed by atoms with Gasteiger partial charge in [-0.2, -0.15) is 0 Å². The van der Waals surface area contributed by atoms with E-state index in [0.29, 0.717) is 5.58 Å². The highest BCUT2D eigenvalue weighted by Gasteiger charge is 2.11. The van der Waals surface area contributed by atoms with Gasteiger partial charge in [0.15, 0.2) is 5.76 Å². The van der Waals surface area contributed by atoms with Crippen molar-refractivity contribution in [2.45, 2.75) is 0 Å². The first kappa shape index (κ1) is 13.6. The van der Waals surface area contributed by atoms with Crippen LogP contribution < -0.4 is 10.0 Å². The number of fused-ring (bicyclic) bond motifs is 1. The molecule has 1 aromatic carbocycles. The number of sulfonamides is 1. The van der Waals surface area contributed by atoms with Gasteiger partial charge in [0.05, 0.1) is 6.26 Å². The van der Waals surface area contributed by atoms with Crippen LogP contribution in [-0.4, -0.2) is 33.7 Å². The quantitative estimate of drug-likeness (QED) is 0.791. The summed E-state index contributed by atoms with van der Waals surface area (Å²) in [4.78, 5) is 11.8. The van der Waals surface area contributed by atoms with Gasteiger partial charge in [-0.1, -0.05) is 18.2 Å². The highest BCUT2D eigenvalue weighted by molar-refractivity contribution is 7.88. The fourth-order valence-electron chi connectivity index (χ4n) is 1.59. The van der Waals surface area contributed by atoms with Crippen LogP contribution in [0.15, 0.2) is 34.7 Å². The van der Waals surface area contributed by atoms with Gasteiger partial charge in [-0.05, 0) is 12.1 Å². The Hall–Kier alpha value is -1.86. The number of carbonyl (C=O) groups excluding carboxylic acids is 1. The summed E-state index contributed by atoms with van der Waals surface area (Å²) in [7, 11) is -3.23. The molecule has 0 bridgehead atoms. The smallest absolute Gasteiger partial charge is 0.287 e. The molecule has 0 saturated heterocycles. The van der Waals surface area contributed by atoms with E-state index < -0.39 is 10.0 Å². The van der Waals surface area contributed by atoms with Crippen molar-refractivity contribution in [1.29, 1.82) is 0 Å². The number of para-hydroxylation sites is 1. The van der Waals surface area contributed by atoms with Gasteiger partial charge in [0.1, 0.15) is 5.58 Å². The zero-order valence-corrected chi connectivity index (χ0v) is 11.2. The van der Waals surface area contributed by atoms with Gasteiger partial charge in [-0.3, -0.25) is 4.79 Å². The van der Waals surface area contributed by atoms with Crippen molar-refractivity contribution in [3.05, 3.63) is 36.1 Å². The van der Waals surface area contributed by atoms with E-state index in [1.807, 2.05) is 18.2 Å². The lowest BCUT2D eigenvalue weighted by atomic mass is 10.2. The number of hydrogen-bond donors (Lipinski definition) is 2. The number of furan rings is 1. The molecule has 0 aliphatic rings. The first-order valence-electron chi connectivity index (χ1n) is 5.67. The molecule has 0 radical (unpaired) electrons. The third-order valence-electron chi connectivity index (χ3n) is 2.42. The maximum Gasteiger partial charge on any atom is 0.287 e. The van der Waals surface area contributed by atoms with Crippen molar-refractivity contribution in [3.63, 3.8) is 0 Å². The van der Waals surface area contributed by atoms with Crippen molar-refractivity contribution in [1.82, 2.24) is 10.0 Å². The number of nitrogens with one attached hydrogen (secondary N) is 2. The van der Waals surface area contributed by atoms with Gasteiger partial charge in [0.25, 0.3) is 5.91 Å². The molecule has 7 heteroatoms. The summed E-state index contributed by atoms with van der Waals surface area (Å²) >= 11 is 0. The van der Waals surface area contributed by atoms with Crippen LogP contribution in [0.2, 0.25) is 0 Å². The number of hydrogen-bond acceptors (Lipinski definition) is 4. The number of carbonyl (C=O) groups is 1. The number of benzene rings is 1. The molecule has 2 aromatic rings. The summed E-state index contributed by atoms with van der Waals surface area (Å²) in [5.74, 6) is -0.160. The van der Waals surface area contributed by atoms with Gasteiger partial charge in [-0.15, -0.1) is 0 Å². The van der Waals surface area contributed by atoms with Crippen LogP contribution in [0.5, 0.6) is 0 Å². The van der Waals surface area contributed by atoms with E-state index in [1.165, 1.54) is 0 Å². The first-order chi connectivity index (χ1) is 8.96. The van der Waals surface area contributed by atoms with Crippen LogP contribution >= 0.6 is 0 Å². The van der Waals surface area contributed by atoms with Crippen molar-refractivity contribution in [2.75, 3.05) is 19.3 Å². The Labute approximate surface area is 110 Å². The molecule has 0 spiro atoms. The van der Waals surface area contributed by atoms with Crippen LogP contribution in [0, 0.1) is 0 Å². The Morgan fingerprint density at radius 2 is 2.00 bits per heavy atom. The maximum absolute atomic E-state index is 11.8. The molecule has 102 valence electrons. The zero-order chi connectivity index (χ0) is 13.9. The number of rotatable bonds is 5. The van der Waals surface area contributed by atoms with E-state index >= 15 is 0 Å². The maximum atomic E-state index is 11.8. The van der Waals surface area contributed by atoms with E-state index in [4.69, 9.17) is 4.42 Å². The third kappa shape index (κ3) is 3.80. The van der Waals surface area contributed by atoms with Gasteiger partial charge in [0, 0.05) is 18.5 Å². The highest BCUT2D eigenvalue weighted by atomic mass is 32.2. The van der Waals surface area contributed by atoms with Gasteiger partial charge in [-0.25, -0.2) is 13.1 Å². The molecule has 0 fully saturated rings. The normalized spacial score (nSPS) is 11.6. The lowest BCUT2D eigenvalue weighted by Crippen LogP contribution is -2.34. The molecule has 0 atom stereocenters. The summed E-state index contributed by atoms with van der Waals surface area (Å²) in [5, 5.41) is 3.42. The highest BCUT2D eigenvalue weighted by Crippen LogP contribution is 2.18. The van der Waals surface area contributed by atoms with E-state index in [1.54, 1.807) is 12.1 Å². The SMILES string of the molecule is CS(=O)(=O)NCCNC(=O)c1cc2ccccc2o1. The summed E-state index contributed by atoms with van der Waals surface area (Å²) in [6, 6.07) is 8.95. The van der Waals surface area contributed by atoms with Crippen molar-refractivity contribution in [2.24, 2.45) is 0 Å². The molecule has 0 aliphatic carbocycles. The Kier molecular flexibility index (Phi) is 3.87. The van der Waals surface area contributed by atoms with Crippen LogP contribution in [0.1, 0.15) is 10.6 Å². The summed E-state index contributed by atoms with van der Waals surface area (Å²) in [6.07, 6.45) is 1.06. The molecule has 1 aromatic heterocycles. The summed E-state index contributed by atoms with van der Waals surface area (Å²) in [5.41, 5.74) is 0.641. The largest absolute Gasteiger partial charge is 0.451 e. The average molecular weight is 282 g/mol. The molecular weight excluding hydrogens is 268 g/mol. The Morgan fingerprint density at radius 1 is 1.26 bits per heavy atom. The minimum atomic E-state index is -3.23. The van der Waals surface area contributed by atoms with E-state index in [-0.39, 0.29) is 24.8 Å². The molecule has 2 rings (SSSR count). The predicted molar refractivity (Wildman–Crippen MR) is 71.4 cm³/mol. The van der Waals surface area contributed by atoms with Crippen molar-refractivity contribution in [3.8, 4) is 0 Å². The second-order valence-electron chi connectivity index (χ2n) is 4.07.